The average molecular weight is 512 g/mol. The van der Waals surface area contributed by atoms with Gasteiger partial charge >= 0.3 is 0 Å². The van der Waals surface area contributed by atoms with Crippen molar-refractivity contribution in [2.24, 2.45) is 0 Å². The first kappa shape index (κ1) is 24.5. The Hall–Kier alpha value is -2.16. The first-order chi connectivity index (χ1) is 17.0. The molecule has 1 atom stereocenters. The second kappa shape index (κ2) is 10.8. The Bertz CT molecular complexity index is 1160. The minimum atomic E-state index is -0.0573. The molecular weight excluding hydrogens is 478 g/mol. The van der Waals surface area contributed by atoms with E-state index in [2.05, 4.69) is 24.4 Å². The van der Waals surface area contributed by atoms with Crippen LogP contribution in [-0.2, 0) is 27.3 Å². The number of nitrogens with one attached hydrogen (secondary N) is 1. The summed E-state index contributed by atoms with van der Waals surface area (Å²) >= 11 is 6.88. The van der Waals surface area contributed by atoms with Crippen LogP contribution in [0.4, 0.5) is 0 Å². The number of aryl methyl sites for hydroxylation is 1. The van der Waals surface area contributed by atoms with Crippen LogP contribution < -0.4 is 5.32 Å². The lowest BCUT2D eigenvalue weighted by Crippen LogP contribution is -2.38. The van der Waals surface area contributed by atoms with E-state index in [1.807, 2.05) is 22.9 Å². The summed E-state index contributed by atoms with van der Waals surface area (Å²) in [6, 6.07) is 6.52. The Kier molecular flexibility index (Phi) is 7.60. The number of nitrogens with zero attached hydrogens (tertiary/aromatic N) is 2. The van der Waals surface area contributed by atoms with Crippen molar-refractivity contribution in [3.63, 3.8) is 0 Å². The normalized spacial score (nSPS) is 22.6. The number of thiocarbonyl (C=S) groups is 1. The maximum atomic E-state index is 13.2. The molecule has 0 unspecified atom stereocenters. The van der Waals surface area contributed by atoms with E-state index in [-0.39, 0.29) is 30.5 Å². The van der Waals surface area contributed by atoms with Crippen LogP contribution in [-0.4, -0.2) is 50.9 Å². The second-order valence-corrected chi connectivity index (χ2v) is 11.4. The molecule has 3 heterocycles. The predicted octanol–water partition coefficient (Wildman–Crippen LogP) is 5.03. The first-order valence-electron chi connectivity index (χ1n) is 12.8. The summed E-state index contributed by atoms with van der Waals surface area (Å²) in [6.45, 7) is 3.68. The summed E-state index contributed by atoms with van der Waals surface area (Å²) in [4.78, 5) is 28.4. The van der Waals surface area contributed by atoms with E-state index in [0.717, 1.165) is 55.2 Å². The molecule has 6 nitrogen and oxygen atoms in total. The summed E-state index contributed by atoms with van der Waals surface area (Å²) in [5.74, 6) is -0.00719. The molecule has 5 rings (SSSR count). The zero-order valence-electron chi connectivity index (χ0n) is 20.3. The number of fused-ring (bicyclic) bond motifs is 1. The maximum absolute atomic E-state index is 13.2. The molecule has 2 amide bonds. The SMILES string of the molecule is CCc1cccc2c(/C=C3\SC(=S)N(C[C@H]4CCCO4)C3=O)cn(CC(=O)NC3CCCCC3)c12. The Morgan fingerprint density at radius 2 is 2.06 bits per heavy atom. The van der Waals surface area contributed by atoms with Crippen LogP contribution in [0.15, 0.2) is 29.3 Å². The first-order valence-corrected chi connectivity index (χ1v) is 14.0. The van der Waals surface area contributed by atoms with Crippen LogP contribution in [0, 0.1) is 0 Å². The van der Waals surface area contributed by atoms with Gasteiger partial charge in [0, 0.05) is 29.8 Å². The summed E-state index contributed by atoms with van der Waals surface area (Å²) in [7, 11) is 0. The zero-order chi connectivity index (χ0) is 24.4. The van der Waals surface area contributed by atoms with E-state index in [9.17, 15) is 9.59 Å². The lowest BCUT2D eigenvalue weighted by molar-refractivity contribution is -0.123. The third kappa shape index (κ3) is 5.34. The molecule has 1 aliphatic carbocycles. The van der Waals surface area contributed by atoms with Gasteiger partial charge in [0.1, 0.15) is 10.9 Å². The van der Waals surface area contributed by atoms with Crippen molar-refractivity contribution in [1.82, 2.24) is 14.8 Å². The molecule has 2 saturated heterocycles. The molecule has 0 spiro atoms. The van der Waals surface area contributed by atoms with E-state index in [1.54, 1.807) is 4.90 Å². The van der Waals surface area contributed by atoms with Crippen LogP contribution in [0.25, 0.3) is 17.0 Å². The molecule has 3 fully saturated rings. The number of rotatable bonds is 7. The van der Waals surface area contributed by atoms with Crippen molar-refractivity contribution in [1.29, 1.82) is 0 Å². The summed E-state index contributed by atoms with van der Waals surface area (Å²) in [6.07, 6.45) is 12.6. The number of carbonyl (C=O) groups excluding carboxylic acids is 2. The van der Waals surface area contributed by atoms with E-state index >= 15 is 0 Å². The minimum Gasteiger partial charge on any atom is -0.376 e. The molecule has 1 aromatic heterocycles. The van der Waals surface area contributed by atoms with Crippen LogP contribution in [0.1, 0.15) is 63.0 Å². The van der Waals surface area contributed by atoms with E-state index in [4.69, 9.17) is 17.0 Å². The number of para-hydroxylation sites is 1. The standard InChI is InChI=1S/C27H33N3O3S2/c1-2-18-8-6-12-22-19(14-23-26(32)30(27(34)35-23)16-21-11-7-13-33-21)15-29(25(18)22)17-24(31)28-20-9-4-3-5-10-20/h6,8,12,14-15,20-21H,2-5,7,9-11,13,16-17H2,1H3,(H,28,31)/b23-14-/t21-/m1/s1. The van der Waals surface area contributed by atoms with Gasteiger partial charge in [0.05, 0.1) is 23.1 Å². The summed E-state index contributed by atoms with van der Waals surface area (Å²) in [5, 5.41) is 4.29. The number of aromatic nitrogens is 1. The van der Waals surface area contributed by atoms with Gasteiger partial charge in [-0.15, -0.1) is 0 Å². The molecule has 0 radical (unpaired) electrons. The maximum Gasteiger partial charge on any atom is 0.266 e. The Morgan fingerprint density at radius 1 is 1.23 bits per heavy atom. The Morgan fingerprint density at radius 3 is 2.80 bits per heavy atom. The third-order valence-corrected chi connectivity index (χ3v) is 8.63. The van der Waals surface area contributed by atoms with Gasteiger partial charge in [0.25, 0.3) is 5.91 Å². The molecule has 8 heteroatoms. The smallest absolute Gasteiger partial charge is 0.266 e. The predicted molar refractivity (Wildman–Crippen MR) is 145 cm³/mol. The molecule has 2 aromatic rings. The molecule has 1 N–H and O–H groups in total. The number of benzene rings is 1. The lowest BCUT2D eigenvalue weighted by atomic mass is 9.95. The fourth-order valence-electron chi connectivity index (χ4n) is 5.46. The third-order valence-electron chi connectivity index (χ3n) is 7.25. The number of ether oxygens (including phenoxy) is 1. The number of hydrogen-bond donors (Lipinski definition) is 1. The van der Waals surface area contributed by atoms with Gasteiger partial charge in [-0.1, -0.05) is 68.4 Å². The molecular formula is C27H33N3O3S2. The number of thioether (sulfide) groups is 1. The van der Waals surface area contributed by atoms with Crippen molar-refractivity contribution in [2.45, 2.75) is 77.0 Å². The van der Waals surface area contributed by atoms with Gasteiger partial charge in [-0.3, -0.25) is 14.5 Å². The molecule has 186 valence electrons. The monoisotopic (exact) mass is 511 g/mol. The second-order valence-electron chi connectivity index (χ2n) is 9.71. The van der Waals surface area contributed by atoms with E-state index in [0.29, 0.717) is 15.8 Å². The van der Waals surface area contributed by atoms with E-state index in [1.165, 1.54) is 36.6 Å². The molecule has 2 aliphatic heterocycles. The quantitative estimate of drug-likeness (QED) is 0.417. The van der Waals surface area contributed by atoms with Gasteiger partial charge in [0.15, 0.2) is 0 Å². The van der Waals surface area contributed by atoms with Crippen molar-refractivity contribution in [3.05, 3.63) is 40.4 Å². The zero-order valence-corrected chi connectivity index (χ0v) is 21.9. The molecule has 1 aromatic carbocycles. The van der Waals surface area contributed by atoms with Crippen LogP contribution in [0.5, 0.6) is 0 Å². The van der Waals surface area contributed by atoms with E-state index < -0.39 is 0 Å². The van der Waals surface area contributed by atoms with Crippen LogP contribution >= 0.6 is 24.0 Å². The van der Waals surface area contributed by atoms with Crippen molar-refractivity contribution < 1.29 is 14.3 Å². The number of carbonyl (C=O) groups is 2. The molecule has 1 saturated carbocycles. The van der Waals surface area contributed by atoms with Gasteiger partial charge in [-0.05, 0) is 43.7 Å². The fourth-order valence-corrected chi connectivity index (χ4v) is 6.72. The van der Waals surface area contributed by atoms with Crippen LogP contribution in [0.2, 0.25) is 0 Å². The Labute approximate surface area is 216 Å². The van der Waals surface area contributed by atoms with Crippen molar-refractivity contribution >= 4 is 57.1 Å². The van der Waals surface area contributed by atoms with Crippen LogP contribution in [0.3, 0.4) is 0 Å². The molecule has 3 aliphatic rings. The van der Waals surface area contributed by atoms with Gasteiger partial charge in [-0.25, -0.2) is 0 Å². The highest BCUT2D eigenvalue weighted by Gasteiger charge is 2.34. The van der Waals surface area contributed by atoms with Gasteiger partial charge in [0.2, 0.25) is 5.91 Å². The molecule has 0 bridgehead atoms. The topological polar surface area (TPSA) is 63.6 Å². The van der Waals surface area contributed by atoms with Gasteiger partial charge < -0.3 is 14.6 Å². The number of amides is 2. The van der Waals surface area contributed by atoms with Crippen molar-refractivity contribution in [2.75, 3.05) is 13.2 Å². The summed E-state index contributed by atoms with van der Waals surface area (Å²) in [5.41, 5.74) is 3.20. The summed E-state index contributed by atoms with van der Waals surface area (Å²) < 4.78 is 8.35. The highest BCUT2D eigenvalue weighted by Crippen LogP contribution is 2.36. The average Bonchev–Trinajstić information content (AvgIpc) is 3.56. The fraction of sp³-hybridized carbons (Fsp3) is 0.519. The highest BCUT2D eigenvalue weighted by atomic mass is 32.2. The number of hydrogen-bond acceptors (Lipinski definition) is 5. The van der Waals surface area contributed by atoms with Gasteiger partial charge in [-0.2, -0.15) is 0 Å². The largest absolute Gasteiger partial charge is 0.376 e. The highest BCUT2D eigenvalue weighted by molar-refractivity contribution is 8.26. The lowest BCUT2D eigenvalue weighted by Gasteiger charge is -2.23. The Balaban J connectivity index is 1.41. The van der Waals surface area contributed by atoms with Crippen molar-refractivity contribution in [3.8, 4) is 0 Å². The minimum absolute atomic E-state index is 0.0501. The molecule has 35 heavy (non-hydrogen) atoms.